The zero-order chi connectivity index (χ0) is 18.4. The van der Waals surface area contributed by atoms with Crippen molar-refractivity contribution >= 4 is 11.6 Å². The Balaban J connectivity index is 1.76. The van der Waals surface area contributed by atoms with Gasteiger partial charge in [0.15, 0.2) is 6.23 Å². The molecule has 3 atom stereocenters. The Hall–Kier alpha value is -3.13. The SMILES string of the molecule is C=C[C@@H]1c2cc(O)ccc2[C@H]2C(C)=NO[C@H]2N1Cc1ccc([N+](=O)[O-])o1. The van der Waals surface area contributed by atoms with Crippen LogP contribution >= 0.6 is 0 Å². The average molecular weight is 355 g/mol. The number of nitrogens with zero attached hydrogens (tertiary/aromatic N) is 3. The summed E-state index contributed by atoms with van der Waals surface area (Å²) >= 11 is 0. The minimum absolute atomic E-state index is 0.0910. The summed E-state index contributed by atoms with van der Waals surface area (Å²) in [5.41, 5.74) is 2.76. The molecule has 3 heterocycles. The van der Waals surface area contributed by atoms with Crippen LogP contribution in [0.4, 0.5) is 5.88 Å². The molecule has 2 aromatic rings. The summed E-state index contributed by atoms with van der Waals surface area (Å²) in [4.78, 5) is 17.9. The summed E-state index contributed by atoms with van der Waals surface area (Å²) in [6.45, 7) is 6.09. The smallest absolute Gasteiger partial charge is 0.433 e. The Kier molecular flexibility index (Phi) is 3.77. The van der Waals surface area contributed by atoms with E-state index in [1.807, 2.05) is 17.9 Å². The number of furan rings is 1. The summed E-state index contributed by atoms with van der Waals surface area (Å²) < 4.78 is 5.31. The maximum Gasteiger partial charge on any atom is 0.433 e. The number of phenols is 1. The minimum atomic E-state index is -0.569. The van der Waals surface area contributed by atoms with Crippen LogP contribution in [0.15, 0.2) is 52.6 Å². The number of rotatable bonds is 4. The zero-order valence-electron chi connectivity index (χ0n) is 14.0. The molecule has 26 heavy (non-hydrogen) atoms. The third kappa shape index (κ3) is 2.46. The second-order valence-electron chi connectivity index (χ2n) is 6.37. The molecular weight excluding hydrogens is 338 g/mol. The molecule has 0 amide bonds. The maximum absolute atomic E-state index is 10.9. The topological polar surface area (TPSA) is 101 Å². The van der Waals surface area contributed by atoms with Gasteiger partial charge in [0, 0.05) is 0 Å². The first-order valence-corrected chi connectivity index (χ1v) is 8.14. The third-order valence-electron chi connectivity index (χ3n) is 4.84. The van der Waals surface area contributed by atoms with Gasteiger partial charge in [-0.15, -0.1) is 6.58 Å². The van der Waals surface area contributed by atoms with Gasteiger partial charge < -0.3 is 14.4 Å². The molecule has 0 bridgehead atoms. The van der Waals surface area contributed by atoms with Gasteiger partial charge in [-0.2, -0.15) is 0 Å². The van der Waals surface area contributed by atoms with Crippen LogP contribution in [0, 0.1) is 10.1 Å². The van der Waals surface area contributed by atoms with Crippen molar-refractivity contribution in [3.63, 3.8) is 0 Å². The number of phenolic OH excluding ortho intramolecular Hbond substituents is 1. The van der Waals surface area contributed by atoms with Crippen LogP contribution in [0.5, 0.6) is 5.75 Å². The minimum Gasteiger partial charge on any atom is -0.508 e. The van der Waals surface area contributed by atoms with E-state index >= 15 is 0 Å². The lowest BCUT2D eigenvalue weighted by Crippen LogP contribution is -2.45. The van der Waals surface area contributed by atoms with Gasteiger partial charge in [0.1, 0.15) is 16.4 Å². The monoisotopic (exact) mass is 355 g/mol. The van der Waals surface area contributed by atoms with E-state index in [1.54, 1.807) is 24.3 Å². The maximum atomic E-state index is 10.9. The predicted molar refractivity (Wildman–Crippen MR) is 92.7 cm³/mol. The van der Waals surface area contributed by atoms with Gasteiger partial charge in [-0.25, -0.2) is 4.90 Å². The number of aromatic hydroxyl groups is 1. The van der Waals surface area contributed by atoms with Gasteiger partial charge in [0.25, 0.3) is 0 Å². The third-order valence-corrected chi connectivity index (χ3v) is 4.84. The number of fused-ring (bicyclic) bond motifs is 3. The van der Waals surface area contributed by atoms with Crippen molar-refractivity contribution in [2.45, 2.75) is 31.7 Å². The van der Waals surface area contributed by atoms with Gasteiger partial charge in [0.2, 0.25) is 0 Å². The second kappa shape index (κ2) is 5.99. The quantitative estimate of drug-likeness (QED) is 0.512. The molecule has 134 valence electrons. The fourth-order valence-electron chi connectivity index (χ4n) is 3.71. The van der Waals surface area contributed by atoms with E-state index in [0.29, 0.717) is 5.76 Å². The fraction of sp³-hybridized carbons (Fsp3) is 0.278. The van der Waals surface area contributed by atoms with Crippen LogP contribution in [0.3, 0.4) is 0 Å². The van der Waals surface area contributed by atoms with Crippen LogP contribution in [0.1, 0.15) is 35.8 Å². The van der Waals surface area contributed by atoms with Gasteiger partial charge in [-0.1, -0.05) is 17.3 Å². The van der Waals surface area contributed by atoms with Gasteiger partial charge in [0.05, 0.1) is 30.3 Å². The highest BCUT2D eigenvalue weighted by atomic mass is 16.7. The number of oxime groups is 1. The zero-order valence-corrected chi connectivity index (χ0v) is 14.0. The van der Waals surface area contributed by atoms with Crippen LogP contribution in [-0.4, -0.2) is 26.9 Å². The molecular formula is C18H17N3O5. The number of benzene rings is 1. The first-order valence-electron chi connectivity index (χ1n) is 8.14. The molecule has 0 fully saturated rings. The highest BCUT2D eigenvalue weighted by Gasteiger charge is 2.46. The summed E-state index contributed by atoms with van der Waals surface area (Å²) in [6, 6.07) is 7.88. The van der Waals surface area contributed by atoms with Gasteiger partial charge >= 0.3 is 5.88 Å². The molecule has 1 aromatic carbocycles. The lowest BCUT2D eigenvalue weighted by atomic mass is 9.81. The molecule has 0 radical (unpaired) electrons. The first kappa shape index (κ1) is 16.3. The standard InChI is InChI=1S/C18H17N3O5/c1-3-15-14-8-11(22)4-6-13(14)17-10(2)19-26-18(17)20(15)9-12-5-7-16(25-12)21(23)24/h3-8,15,17-18,22H,1,9H2,2H3/t15-,17-,18-/m1/s1. The van der Waals surface area contributed by atoms with E-state index < -0.39 is 4.92 Å². The Morgan fingerprint density at radius 1 is 1.38 bits per heavy atom. The summed E-state index contributed by atoms with van der Waals surface area (Å²) in [5, 5.41) is 24.9. The molecule has 8 nitrogen and oxygen atoms in total. The summed E-state index contributed by atoms with van der Waals surface area (Å²) in [7, 11) is 0. The van der Waals surface area contributed by atoms with E-state index in [-0.39, 0.29) is 36.4 Å². The van der Waals surface area contributed by atoms with E-state index in [2.05, 4.69) is 11.7 Å². The van der Waals surface area contributed by atoms with Crippen molar-refractivity contribution in [2.75, 3.05) is 0 Å². The van der Waals surface area contributed by atoms with Crippen LogP contribution in [-0.2, 0) is 11.4 Å². The van der Waals surface area contributed by atoms with E-state index in [1.165, 1.54) is 6.07 Å². The first-order chi connectivity index (χ1) is 12.5. The van der Waals surface area contributed by atoms with Crippen molar-refractivity contribution in [1.82, 2.24) is 4.90 Å². The van der Waals surface area contributed by atoms with Crippen molar-refractivity contribution in [1.29, 1.82) is 0 Å². The normalized spacial score (nSPS) is 24.3. The van der Waals surface area contributed by atoms with Gasteiger partial charge in [-0.3, -0.25) is 10.1 Å². The molecule has 0 spiro atoms. The van der Waals surface area contributed by atoms with Crippen LogP contribution in [0.2, 0.25) is 0 Å². The Bertz CT molecular complexity index is 919. The number of hydrogen-bond donors (Lipinski definition) is 1. The van der Waals surface area contributed by atoms with Gasteiger partial charge in [-0.05, 0) is 36.2 Å². The lowest BCUT2D eigenvalue weighted by Gasteiger charge is -2.41. The van der Waals surface area contributed by atoms with Crippen LogP contribution < -0.4 is 0 Å². The Labute approximate surface area is 149 Å². The van der Waals surface area contributed by atoms with E-state index in [9.17, 15) is 15.2 Å². The molecule has 0 aliphatic carbocycles. The fourth-order valence-corrected chi connectivity index (χ4v) is 3.71. The van der Waals surface area contributed by atoms with E-state index in [0.717, 1.165) is 16.8 Å². The molecule has 0 unspecified atom stereocenters. The highest BCUT2D eigenvalue weighted by Crippen LogP contribution is 2.46. The van der Waals surface area contributed by atoms with Crippen molar-refractivity contribution in [2.24, 2.45) is 5.16 Å². The summed E-state index contributed by atoms with van der Waals surface area (Å²) in [6.07, 6.45) is 1.38. The largest absolute Gasteiger partial charge is 0.508 e. The Morgan fingerprint density at radius 3 is 2.88 bits per heavy atom. The molecule has 0 saturated carbocycles. The highest BCUT2D eigenvalue weighted by molar-refractivity contribution is 5.90. The Morgan fingerprint density at radius 2 is 2.19 bits per heavy atom. The predicted octanol–water partition coefficient (Wildman–Crippen LogP) is 3.45. The molecule has 2 aliphatic heterocycles. The molecule has 2 aliphatic rings. The van der Waals surface area contributed by atoms with Crippen molar-refractivity contribution in [3.05, 3.63) is 70.0 Å². The molecule has 1 aromatic heterocycles. The molecule has 4 rings (SSSR count). The average Bonchev–Trinajstić information content (AvgIpc) is 3.22. The van der Waals surface area contributed by atoms with Crippen molar-refractivity contribution < 1.29 is 19.3 Å². The van der Waals surface area contributed by atoms with Crippen LogP contribution in [0.25, 0.3) is 0 Å². The molecule has 8 heteroatoms. The number of hydrogen-bond acceptors (Lipinski definition) is 7. The van der Waals surface area contributed by atoms with Crippen molar-refractivity contribution in [3.8, 4) is 5.75 Å². The second-order valence-corrected chi connectivity index (χ2v) is 6.37. The lowest BCUT2D eigenvalue weighted by molar-refractivity contribution is -0.402. The molecule has 0 saturated heterocycles. The summed E-state index contributed by atoms with van der Waals surface area (Å²) in [5.74, 6) is 0.212. The van der Waals surface area contributed by atoms with E-state index in [4.69, 9.17) is 9.25 Å². The number of nitro groups is 1. The molecule has 1 N–H and O–H groups in total.